The van der Waals surface area contributed by atoms with E-state index in [1.165, 1.54) is 6.92 Å². The summed E-state index contributed by atoms with van der Waals surface area (Å²) in [7, 11) is 0. The van der Waals surface area contributed by atoms with E-state index in [0.29, 0.717) is 30.9 Å². The summed E-state index contributed by atoms with van der Waals surface area (Å²) in [6, 6.07) is 5.28. The summed E-state index contributed by atoms with van der Waals surface area (Å²) in [5.74, 6) is 6.33. The van der Waals surface area contributed by atoms with Gasteiger partial charge in [-0.3, -0.25) is 9.59 Å². The van der Waals surface area contributed by atoms with Crippen LogP contribution >= 0.6 is 0 Å². The zero-order valence-corrected chi connectivity index (χ0v) is 10.1. The van der Waals surface area contributed by atoms with Crippen molar-refractivity contribution in [2.75, 3.05) is 13.2 Å². The molecule has 0 aliphatic carbocycles. The fourth-order valence-electron chi connectivity index (χ4n) is 1.65. The average molecular weight is 243 g/mol. The van der Waals surface area contributed by atoms with Crippen LogP contribution in [0.25, 0.3) is 0 Å². The van der Waals surface area contributed by atoms with Crippen LogP contribution in [0.2, 0.25) is 0 Å². The molecule has 0 aromatic heterocycles. The third-order valence-electron chi connectivity index (χ3n) is 2.53. The first kappa shape index (κ1) is 12.2. The van der Waals surface area contributed by atoms with Crippen molar-refractivity contribution in [1.29, 1.82) is 0 Å². The SMILES string of the molecule is CC(=O)NCC#Cc1ccc2c(c1)OCCC2=O. The second-order valence-electron chi connectivity index (χ2n) is 3.94. The molecule has 1 aliphatic rings. The lowest BCUT2D eigenvalue weighted by atomic mass is 10.0. The highest BCUT2D eigenvalue weighted by Gasteiger charge is 2.17. The Morgan fingerprint density at radius 3 is 3.11 bits per heavy atom. The number of carbonyl (C=O) groups excluding carboxylic acids is 2. The van der Waals surface area contributed by atoms with Gasteiger partial charge in [-0.05, 0) is 18.2 Å². The molecule has 18 heavy (non-hydrogen) atoms. The topological polar surface area (TPSA) is 55.4 Å². The van der Waals surface area contributed by atoms with E-state index in [1.807, 2.05) is 0 Å². The molecule has 0 spiro atoms. The second-order valence-corrected chi connectivity index (χ2v) is 3.94. The van der Waals surface area contributed by atoms with Crippen molar-refractivity contribution in [2.24, 2.45) is 0 Å². The lowest BCUT2D eigenvalue weighted by Crippen LogP contribution is -2.19. The quantitative estimate of drug-likeness (QED) is 0.752. The maximum atomic E-state index is 11.6. The van der Waals surface area contributed by atoms with E-state index in [0.717, 1.165) is 5.56 Å². The number of Topliss-reactive ketones (excluding diaryl/α,β-unsaturated/α-hetero) is 1. The highest BCUT2D eigenvalue weighted by molar-refractivity contribution is 5.99. The maximum absolute atomic E-state index is 11.6. The Morgan fingerprint density at radius 1 is 1.50 bits per heavy atom. The third-order valence-corrected chi connectivity index (χ3v) is 2.53. The standard InChI is InChI=1S/C14H13NO3/c1-10(16)15-7-2-3-11-4-5-12-13(17)6-8-18-14(12)9-11/h4-5,9H,6-8H2,1H3,(H,15,16). The van der Waals surface area contributed by atoms with Crippen LogP contribution in [0.4, 0.5) is 0 Å². The molecule has 1 aromatic carbocycles. The normalized spacial score (nSPS) is 12.8. The molecule has 4 nitrogen and oxygen atoms in total. The molecule has 1 aromatic rings. The maximum Gasteiger partial charge on any atom is 0.217 e. The third kappa shape index (κ3) is 2.89. The van der Waals surface area contributed by atoms with Crippen molar-refractivity contribution >= 4 is 11.7 Å². The van der Waals surface area contributed by atoms with Crippen LogP contribution in [-0.2, 0) is 4.79 Å². The van der Waals surface area contributed by atoms with E-state index in [1.54, 1.807) is 18.2 Å². The van der Waals surface area contributed by atoms with Crippen molar-refractivity contribution < 1.29 is 14.3 Å². The summed E-state index contributed by atoms with van der Waals surface area (Å²) in [5.41, 5.74) is 1.39. The van der Waals surface area contributed by atoms with Gasteiger partial charge in [-0.1, -0.05) is 11.8 Å². The minimum absolute atomic E-state index is 0.106. The van der Waals surface area contributed by atoms with Crippen LogP contribution in [0.1, 0.15) is 29.3 Å². The Bertz CT molecular complexity index is 552. The van der Waals surface area contributed by atoms with Crippen molar-refractivity contribution in [3.8, 4) is 17.6 Å². The Morgan fingerprint density at radius 2 is 2.33 bits per heavy atom. The Labute approximate surface area is 105 Å². The first-order chi connectivity index (χ1) is 8.66. The zero-order valence-electron chi connectivity index (χ0n) is 10.1. The van der Waals surface area contributed by atoms with Crippen LogP contribution in [0.5, 0.6) is 5.75 Å². The molecule has 0 fully saturated rings. The number of hydrogen-bond acceptors (Lipinski definition) is 3. The number of rotatable bonds is 1. The van der Waals surface area contributed by atoms with Crippen molar-refractivity contribution in [2.45, 2.75) is 13.3 Å². The van der Waals surface area contributed by atoms with Crippen molar-refractivity contribution in [3.63, 3.8) is 0 Å². The molecule has 0 unspecified atom stereocenters. The van der Waals surface area contributed by atoms with Crippen LogP contribution < -0.4 is 10.1 Å². The fraction of sp³-hybridized carbons (Fsp3) is 0.286. The first-order valence-electron chi connectivity index (χ1n) is 5.70. The molecule has 92 valence electrons. The number of nitrogens with one attached hydrogen (secondary N) is 1. The molecule has 0 saturated carbocycles. The zero-order chi connectivity index (χ0) is 13.0. The van der Waals surface area contributed by atoms with Gasteiger partial charge in [0.15, 0.2) is 5.78 Å². The summed E-state index contributed by atoms with van der Waals surface area (Å²) < 4.78 is 5.42. The first-order valence-corrected chi connectivity index (χ1v) is 5.70. The van der Waals surface area contributed by atoms with E-state index in [9.17, 15) is 9.59 Å². The Kier molecular flexibility index (Phi) is 3.63. The number of benzene rings is 1. The van der Waals surface area contributed by atoms with Crippen molar-refractivity contribution in [1.82, 2.24) is 5.32 Å². The summed E-state index contributed by atoms with van der Waals surface area (Å²) in [5, 5.41) is 2.59. The Balaban J connectivity index is 2.11. The van der Waals surface area contributed by atoms with Gasteiger partial charge in [0.25, 0.3) is 0 Å². The molecule has 4 heteroatoms. The summed E-state index contributed by atoms with van der Waals surface area (Å²) in [6.45, 7) is 2.18. The predicted octanol–water partition coefficient (Wildman–Crippen LogP) is 1.14. The van der Waals surface area contributed by atoms with Crippen LogP contribution in [0.15, 0.2) is 18.2 Å². The number of ketones is 1. The molecule has 1 heterocycles. The molecule has 2 rings (SSSR count). The van der Waals surface area contributed by atoms with Crippen LogP contribution in [0, 0.1) is 11.8 Å². The molecule has 1 N–H and O–H groups in total. The van der Waals surface area contributed by atoms with Gasteiger partial charge in [-0.2, -0.15) is 0 Å². The van der Waals surface area contributed by atoms with Gasteiger partial charge in [0.1, 0.15) is 5.75 Å². The molecule has 0 bridgehead atoms. The molecule has 0 atom stereocenters. The summed E-state index contributed by atoms with van der Waals surface area (Å²) in [6.07, 6.45) is 0.431. The van der Waals surface area contributed by atoms with Crippen molar-refractivity contribution in [3.05, 3.63) is 29.3 Å². The largest absolute Gasteiger partial charge is 0.492 e. The monoisotopic (exact) mass is 243 g/mol. The van der Waals surface area contributed by atoms with E-state index >= 15 is 0 Å². The van der Waals surface area contributed by atoms with Crippen LogP contribution in [-0.4, -0.2) is 24.8 Å². The average Bonchev–Trinajstić information content (AvgIpc) is 2.35. The molecule has 1 amide bonds. The van der Waals surface area contributed by atoms with Gasteiger partial charge < -0.3 is 10.1 Å². The molecule has 0 radical (unpaired) electrons. The van der Waals surface area contributed by atoms with E-state index in [4.69, 9.17) is 4.74 Å². The predicted molar refractivity (Wildman–Crippen MR) is 66.4 cm³/mol. The van der Waals surface area contributed by atoms with Gasteiger partial charge in [-0.25, -0.2) is 0 Å². The minimum Gasteiger partial charge on any atom is -0.492 e. The number of amides is 1. The summed E-state index contributed by atoms with van der Waals surface area (Å²) in [4.78, 5) is 22.2. The smallest absolute Gasteiger partial charge is 0.217 e. The minimum atomic E-state index is -0.108. The molecular weight excluding hydrogens is 230 g/mol. The van der Waals surface area contributed by atoms with Gasteiger partial charge in [-0.15, -0.1) is 0 Å². The number of hydrogen-bond donors (Lipinski definition) is 1. The van der Waals surface area contributed by atoms with Gasteiger partial charge >= 0.3 is 0 Å². The van der Waals surface area contributed by atoms with Crippen LogP contribution in [0.3, 0.4) is 0 Å². The molecule has 0 saturated heterocycles. The number of fused-ring (bicyclic) bond motifs is 1. The van der Waals surface area contributed by atoms with Gasteiger partial charge in [0.05, 0.1) is 18.7 Å². The fourth-order valence-corrected chi connectivity index (χ4v) is 1.65. The second kappa shape index (κ2) is 5.37. The highest BCUT2D eigenvalue weighted by Crippen LogP contribution is 2.25. The molecule has 1 aliphatic heterocycles. The van der Waals surface area contributed by atoms with Gasteiger partial charge in [0.2, 0.25) is 5.91 Å². The summed E-state index contributed by atoms with van der Waals surface area (Å²) >= 11 is 0. The van der Waals surface area contributed by atoms with E-state index in [2.05, 4.69) is 17.2 Å². The Hall–Kier alpha value is -2.28. The molecular formula is C14H13NO3. The lowest BCUT2D eigenvalue weighted by Gasteiger charge is -2.15. The lowest BCUT2D eigenvalue weighted by molar-refractivity contribution is -0.118. The highest BCUT2D eigenvalue weighted by atomic mass is 16.5. The van der Waals surface area contributed by atoms with E-state index < -0.39 is 0 Å². The van der Waals surface area contributed by atoms with Gasteiger partial charge in [0, 0.05) is 18.9 Å². The number of carbonyl (C=O) groups is 2. The van der Waals surface area contributed by atoms with E-state index in [-0.39, 0.29) is 11.7 Å². The number of ether oxygens (including phenoxy) is 1.